The Bertz CT molecular complexity index is 213. The highest BCUT2D eigenvalue weighted by Gasteiger charge is 2.37. The summed E-state index contributed by atoms with van der Waals surface area (Å²) in [5.41, 5.74) is 0.306. The monoisotopic (exact) mass is 227 g/mol. The van der Waals surface area contributed by atoms with Crippen molar-refractivity contribution in [2.45, 2.75) is 51.7 Å². The van der Waals surface area contributed by atoms with E-state index in [1.807, 2.05) is 7.05 Å². The molecule has 0 aromatic carbocycles. The highest BCUT2D eigenvalue weighted by atomic mass is 15.3. The summed E-state index contributed by atoms with van der Waals surface area (Å²) < 4.78 is 0. The van der Waals surface area contributed by atoms with Gasteiger partial charge in [0.2, 0.25) is 0 Å². The lowest BCUT2D eigenvalue weighted by atomic mass is 9.94. The van der Waals surface area contributed by atoms with Crippen molar-refractivity contribution in [2.75, 3.05) is 33.7 Å². The van der Waals surface area contributed by atoms with Gasteiger partial charge in [-0.15, -0.1) is 0 Å². The van der Waals surface area contributed by atoms with E-state index >= 15 is 0 Å². The molecular weight excluding hydrogens is 198 g/mol. The first-order chi connectivity index (χ1) is 7.38. The molecule has 0 radical (unpaired) electrons. The molecule has 1 fully saturated rings. The van der Waals surface area contributed by atoms with Gasteiger partial charge >= 0.3 is 0 Å². The van der Waals surface area contributed by atoms with E-state index in [1.54, 1.807) is 0 Å². The highest BCUT2D eigenvalue weighted by Crippen LogP contribution is 2.25. The van der Waals surface area contributed by atoms with E-state index in [-0.39, 0.29) is 0 Å². The fraction of sp³-hybridized carbons (Fsp3) is 1.00. The second kappa shape index (κ2) is 5.48. The normalized spacial score (nSPS) is 27.6. The number of hydrogen-bond donors (Lipinski definition) is 1. The quantitative estimate of drug-likeness (QED) is 0.783. The molecule has 1 atom stereocenters. The van der Waals surface area contributed by atoms with Gasteiger partial charge in [-0.3, -0.25) is 9.80 Å². The zero-order chi connectivity index (χ0) is 12.3. The standard InChI is InChI=1S/C13H29N3/c1-11(2)16-10-13(3,4)15(6)9-12(16)7-8-14-5/h11-12,14H,7-10H2,1-6H3. The number of piperazine rings is 1. The Morgan fingerprint density at radius 1 is 1.38 bits per heavy atom. The molecule has 0 spiro atoms. The van der Waals surface area contributed by atoms with Crippen LogP contribution in [0.3, 0.4) is 0 Å². The van der Waals surface area contributed by atoms with Gasteiger partial charge < -0.3 is 5.32 Å². The average Bonchev–Trinajstić information content (AvgIpc) is 2.19. The second-order valence-corrected chi connectivity index (χ2v) is 6.01. The molecule has 0 aromatic rings. The fourth-order valence-corrected chi connectivity index (χ4v) is 2.54. The van der Waals surface area contributed by atoms with E-state index in [9.17, 15) is 0 Å². The molecule has 1 aliphatic rings. The average molecular weight is 227 g/mol. The number of nitrogens with zero attached hydrogens (tertiary/aromatic N) is 2. The van der Waals surface area contributed by atoms with Crippen LogP contribution in [0.1, 0.15) is 34.1 Å². The van der Waals surface area contributed by atoms with E-state index in [0.29, 0.717) is 17.6 Å². The molecule has 0 bridgehead atoms. The summed E-state index contributed by atoms with van der Waals surface area (Å²) in [4.78, 5) is 5.17. The first-order valence-corrected chi connectivity index (χ1v) is 6.50. The van der Waals surface area contributed by atoms with Crippen LogP contribution in [-0.4, -0.2) is 61.2 Å². The van der Waals surface area contributed by atoms with Crippen molar-refractivity contribution < 1.29 is 0 Å². The molecule has 1 N–H and O–H groups in total. The third kappa shape index (κ3) is 3.19. The van der Waals surface area contributed by atoms with Crippen LogP contribution in [-0.2, 0) is 0 Å². The summed E-state index contributed by atoms with van der Waals surface area (Å²) in [6.07, 6.45) is 1.25. The molecule has 0 amide bonds. The number of rotatable bonds is 4. The highest BCUT2D eigenvalue weighted by molar-refractivity contribution is 4.94. The first-order valence-electron chi connectivity index (χ1n) is 6.50. The van der Waals surface area contributed by atoms with Gasteiger partial charge in [-0.1, -0.05) is 0 Å². The van der Waals surface area contributed by atoms with Crippen LogP contribution in [0, 0.1) is 0 Å². The molecule has 0 saturated carbocycles. The van der Waals surface area contributed by atoms with Gasteiger partial charge in [-0.05, 0) is 54.8 Å². The van der Waals surface area contributed by atoms with Crippen LogP contribution in [0.25, 0.3) is 0 Å². The summed E-state index contributed by atoms with van der Waals surface area (Å²) in [7, 11) is 4.29. The van der Waals surface area contributed by atoms with Crippen LogP contribution < -0.4 is 5.32 Å². The van der Waals surface area contributed by atoms with E-state index in [1.165, 1.54) is 19.5 Å². The van der Waals surface area contributed by atoms with E-state index in [0.717, 1.165) is 6.54 Å². The maximum atomic E-state index is 3.26. The van der Waals surface area contributed by atoms with Crippen molar-refractivity contribution >= 4 is 0 Å². The molecule has 1 rings (SSSR count). The predicted octanol–water partition coefficient (Wildman–Crippen LogP) is 1.40. The third-order valence-electron chi connectivity index (χ3n) is 3.95. The summed E-state index contributed by atoms with van der Waals surface area (Å²) in [6, 6.07) is 1.35. The SMILES string of the molecule is CNCCC1CN(C)C(C)(C)CN1C(C)C. The van der Waals surface area contributed by atoms with Gasteiger partial charge in [-0.2, -0.15) is 0 Å². The van der Waals surface area contributed by atoms with Gasteiger partial charge in [0.1, 0.15) is 0 Å². The number of likely N-dealkylation sites (N-methyl/N-ethyl adjacent to an activating group) is 1. The Morgan fingerprint density at radius 3 is 2.50 bits per heavy atom. The lowest BCUT2D eigenvalue weighted by Crippen LogP contribution is -2.63. The lowest BCUT2D eigenvalue weighted by molar-refractivity contribution is -0.0198. The van der Waals surface area contributed by atoms with Gasteiger partial charge in [0.25, 0.3) is 0 Å². The maximum Gasteiger partial charge on any atom is 0.0278 e. The van der Waals surface area contributed by atoms with Gasteiger partial charge in [0.15, 0.2) is 0 Å². The minimum Gasteiger partial charge on any atom is -0.320 e. The molecule has 16 heavy (non-hydrogen) atoms. The first kappa shape index (κ1) is 13.9. The Labute approximate surface area is 101 Å². The van der Waals surface area contributed by atoms with Crippen molar-refractivity contribution in [3.8, 4) is 0 Å². The molecular formula is C13H29N3. The Hall–Kier alpha value is -0.120. The zero-order valence-corrected chi connectivity index (χ0v) is 11.9. The molecule has 96 valence electrons. The van der Waals surface area contributed by atoms with E-state index in [2.05, 4.69) is 49.9 Å². The van der Waals surface area contributed by atoms with Crippen molar-refractivity contribution in [2.24, 2.45) is 0 Å². The Kier molecular flexibility index (Phi) is 4.77. The Morgan fingerprint density at radius 2 is 2.00 bits per heavy atom. The smallest absolute Gasteiger partial charge is 0.0278 e. The molecule has 0 aliphatic carbocycles. The number of hydrogen-bond acceptors (Lipinski definition) is 3. The van der Waals surface area contributed by atoms with Crippen LogP contribution in [0.4, 0.5) is 0 Å². The summed E-state index contributed by atoms with van der Waals surface area (Å²) >= 11 is 0. The Balaban J connectivity index is 2.67. The third-order valence-corrected chi connectivity index (χ3v) is 3.95. The topological polar surface area (TPSA) is 18.5 Å². The zero-order valence-electron chi connectivity index (χ0n) is 11.9. The van der Waals surface area contributed by atoms with Crippen molar-refractivity contribution in [1.82, 2.24) is 15.1 Å². The summed E-state index contributed by atoms with van der Waals surface area (Å²) in [6.45, 7) is 12.8. The van der Waals surface area contributed by atoms with Crippen LogP contribution in [0.15, 0.2) is 0 Å². The summed E-state index contributed by atoms with van der Waals surface area (Å²) in [5, 5.41) is 3.26. The minimum atomic E-state index is 0.306. The molecule has 3 nitrogen and oxygen atoms in total. The van der Waals surface area contributed by atoms with Gasteiger partial charge in [0.05, 0.1) is 0 Å². The maximum absolute atomic E-state index is 3.26. The second-order valence-electron chi connectivity index (χ2n) is 6.01. The van der Waals surface area contributed by atoms with Gasteiger partial charge in [0, 0.05) is 30.7 Å². The predicted molar refractivity (Wildman–Crippen MR) is 70.9 cm³/mol. The van der Waals surface area contributed by atoms with Gasteiger partial charge in [-0.25, -0.2) is 0 Å². The number of nitrogens with one attached hydrogen (secondary N) is 1. The molecule has 3 heteroatoms. The molecule has 0 aromatic heterocycles. The largest absolute Gasteiger partial charge is 0.320 e. The van der Waals surface area contributed by atoms with E-state index in [4.69, 9.17) is 0 Å². The molecule has 1 unspecified atom stereocenters. The lowest BCUT2D eigenvalue weighted by Gasteiger charge is -2.51. The molecule has 1 heterocycles. The minimum absolute atomic E-state index is 0.306. The van der Waals surface area contributed by atoms with Crippen LogP contribution in [0.5, 0.6) is 0 Å². The fourth-order valence-electron chi connectivity index (χ4n) is 2.54. The van der Waals surface area contributed by atoms with E-state index < -0.39 is 0 Å². The molecule has 1 aliphatic heterocycles. The van der Waals surface area contributed by atoms with Crippen LogP contribution >= 0.6 is 0 Å². The van der Waals surface area contributed by atoms with Crippen LogP contribution in [0.2, 0.25) is 0 Å². The van der Waals surface area contributed by atoms with Crippen molar-refractivity contribution in [1.29, 1.82) is 0 Å². The van der Waals surface area contributed by atoms with Crippen molar-refractivity contribution in [3.63, 3.8) is 0 Å². The van der Waals surface area contributed by atoms with Crippen molar-refractivity contribution in [3.05, 3.63) is 0 Å². The summed E-state index contributed by atoms with van der Waals surface area (Å²) in [5.74, 6) is 0. The molecule has 1 saturated heterocycles.